The standard InChI is InChI=1S/C31H29BrN4O5/c1-40-22-14-12-21(13-15-22)31(19-8-4-2-5-9-19,20-10-6-3-7-11-20)35-30-33-27-26(28(39)34-30)24(32)17-36(27)29-25(38)16-23(18-37)41-29/h2-15,17,23,25,29,37-38H,16,18H2,1H3,(H2,33,34,35,39)/t23-,25+,29+/m0/s1. The van der Waals surface area contributed by atoms with Gasteiger partial charge in [0.25, 0.3) is 5.56 Å². The van der Waals surface area contributed by atoms with E-state index in [0.29, 0.717) is 15.5 Å². The van der Waals surface area contributed by atoms with E-state index in [1.807, 2.05) is 84.9 Å². The molecule has 1 aliphatic heterocycles. The van der Waals surface area contributed by atoms with Gasteiger partial charge in [0.1, 0.15) is 17.4 Å². The van der Waals surface area contributed by atoms with Crippen molar-refractivity contribution in [2.24, 2.45) is 0 Å². The highest BCUT2D eigenvalue weighted by Gasteiger charge is 2.39. The molecule has 210 valence electrons. The number of methoxy groups -OCH3 is 1. The van der Waals surface area contributed by atoms with Crippen LogP contribution >= 0.6 is 15.9 Å². The van der Waals surface area contributed by atoms with Crippen molar-refractivity contribution in [2.45, 2.75) is 30.4 Å². The number of rotatable bonds is 8. The molecule has 0 aliphatic carbocycles. The third-order valence-electron chi connectivity index (χ3n) is 7.52. The predicted octanol–water partition coefficient (Wildman–Crippen LogP) is 4.54. The number of aromatic amines is 1. The third-order valence-corrected chi connectivity index (χ3v) is 8.12. The maximum Gasteiger partial charge on any atom is 0.262 e. The number of aromatic nitrogens is 3. The van der Waals surface area contributed by atoms with Gasteiger partial charge in [0, 0.05) is 12.6 Å². The summed E-state index contributed by atoms with van der Waals surface area (Å²) in [7, 11) is 1.62. The van der Waals surface area contributed by atoms with Crippen LogP contribution in [0.2, 0.25) is 0 Å². The minimum Gasteiger partial charge on any atom is -0.497 e. The Bertz CT molecular complexity index is 1670. The van der Waals surface area contributed by atoms with Crippen LogP contribution in [-0.2, 0) is 10.3 Å². The number of nitrogens with zero attached hydrogens (tertiary/aromatic N) is 2. The monoisotopic (exact) mass is 616 g/mol. The molecule has 0 bridgehead atoms. The number of benzene rings is 3. The largest absolute Gasteiger partial charge is 0.497 e. The van der Waals surface area contributed by atoms with E-state index in [-0.39, 0.29) is 24.5 Å². The Morgan fingerprint density at radius 2 is 1.66 bits per heavy atom. The van der Waals surface area contributed by atoms with Gasteiger partial charge in [-0.05, 0) is 44.8 Å². The molecular formula is C31H29BrN4O5. The fourth-order valence-electron chi connectivity index (χ4n) is 5.57. The molecule has 0 saturated carbocycles. The van der Waals surface area contributed by atoms with Gasteiger partial charge >= 0.3 is 0 Å². The first kappa shape index (κ1) is 27.2. The van der Waals surface area contributed by atoms with Gasteiger partial charge in [-0.2, -0.15) is 4.98 Å². The number of anilines is 1. The number of nitrogens with one attached hydrogen (secondary N) is 2. The summed E-state index contributed by atoms with van der Waals surface area (Å²) in [4.78, 5) is 21.3. The summed E-state index contributed by atoms with van der Waals surface area (Å²) in [6.07, 6.45) is -0.244. The SMILES string of the molecule is COc1ccc(C(Nc2nc3c(c(Br)cn3[C@@H]3O[C@H](CO)C[C@H]3O)c(=O)[nH]2)(c2ccccc2)c2ccccc2)cc1. The molecule has 3 aromatic carbocycles. The molecule has 1 aliphatic rings. The first-order chi connectivity index (χ1) is 19.9. The highest BCUT2D eigenvalue weighted by molar-refractivity contribution is 9.10. The van der Waals surface area contributed by atoms with Gasteiger partial charge in [-0.15, -0.1) is 0 Å². The lowest BCUT2D eigenvalue weighted by Crippen LogP contribution is -2.39. The second-order valence-electron chi connectivity index (χ2n) is 9.97. The van der Waals surface area contributed by atoms with E-state index in [1.54, 1.807) is 17.9 Å². The fraction of sp³-hybridized carbons (Fsp3) is 0.226. The Hall–Kier alpha value is -3.96. The predicted molar refractivity (Wildman–Crippen MR) is 159 cm³/mol. The zero-order valence-electron chi connectivity index (χ0n) is 22.2. The van der Waals surface area contributed by atoms with E-state index in [2.05, 4.69) is 26.2 Å². The van der Waals surface area contributed by atoms with E-state index >= 15 is 0 Å². The zero-order valence-corrected chi connectivity index (χ0v) is 23.8. The molecule has 1 fully saturated rings. The number of fused-ring (bicyclic) bond motifs is 1. The summed E-state index contributed by atoms with van der Waals surface area (Å²) < 4.78 is 13.5. The van der Waals surface area contributed by atoms with Crippen LogP contribution in [0.25, 0.3) is 11.0 Å². The van der Waals surface area contributed by atoms with Crippen LogP contribution in [0.1, 0.15) is 29.3 Å². The van der Waals surface area contributed by atoms with Crippen molar-refractivity contribution < 1.29 is 19.7 Å². The number of ether oxygens (including phenoxy) is 2. The summed E-state index contributed by atoms with van der Waals surface area (Å²) in [6.45, 7) is -0.215. The average Bonchev–Trinajstić information content (AvgIpc) is 3.55. The number of hydrogen-bond donors (Lipinski definition) is 4. The lowest BCUT2D eigenvalue weighted by molar-refractivity contribution is -0.0484. The molecule has 3 atom stereocenters. The van der Waals surface area contributed by atoms with Crippen molar-refractivity contribution in [1.82, 2.24) is 14.5 Å². The maximum absolute atomic E-state index is 13.5. The highest BCUT2D eigenvalue weighted by Crippen LogP contribution is 2.40. The van der Waals surface area contributed by atoms with Crippen molar-refractivity contribution >= 4 is 32.9 Å². The summed E-state index contributed by atoms with van der Waals surface area (Å²) in [5.74, 6) is 0.944. The molecule has 0 amide bonds. The molecule has 10 heteroatoms. The normalized spacial score (nSPS) is 19.0. The smallest absolute Gasteiger partial charge is 0.262 e. The number of aliphatic hydroxyl groups excluding tert-OH is 2. The maximum atomic E-state index is 13.5. The van der Waals surface area contributed by atoms with Crippen molar-refractivity contribution in [1.29, 1.82) is 0 Å². The van der Waals surface area contributed by atoms with Gasteiger partial charge in [-0.3, -0.25) is 9.78 Å². The van der Waals surface area contributed by atoms with E-state index in [0.717, 1.165) is 22.4 Å². The molecule has 5 aromatic rings. The topological polar surface area (TPSA) is 122 Å². The van der Waals surface area contributed by atoms with Crippen molar-refractivity contribution in [3.63, 3.8) is 0 Å². The Morgan fingerprint density at radius 3 is 2.22 bits per heavy atom. The van der Waals surface area contributed by atoms with E-state index < -0.39 is 24.0 Å². The Labute approximate surface area is 244 Å². The molecule has 9 nitrogen and oxygen atoms in total. The second-order valence-corrected chi connectivity index (χ2v) is 10.8. The summed E-state index contributed by atoms with van der Waals surface area (Å²) in [6, 6.07) is 27.7. The zero-order chi connectivity index (χ0) is 28.6. The van der Waals surface area contributed by atoms with Gasteiger partial charge in [0.15, 0.2) is 11.9 Å². The van der Waals surface area contributed by atoms with Gasteiger partial charge in [0.2, 0.25) is 5.95 Å². The molecule has 2 aromatic heterocycles. The first-order valence-electron chi connectivity index (χ1n) is 13.2. The van der Waals surface area contributed by atoms with E-state index in [9.17, 15) is 15.0 Å². The van der Waals surface area contributed by atoms with Crippen LogP contribution in [0.5, 0.6) is 5.75 Å². The van der Waals surface area contributed by atoms with Crippen LogP contribution in [0, 0.1) is 0 Å². The van der Waals surface area contributed by atoms with Crippen LogP contribution in [0.4, 0.5) is 5.95 Å². The average molecular weight is 618 g/mol. The van der Waals surface area contributed by atoms with E-state index in [4.69, 9.17) is 14.5 Å². The number of aliphatic hydroxyl groups is 2. The molecule has 0 unspecified atom stereocenters. The molecule has 1 saturated heterocycles. The van der Waals surface area contributed by atoms with Gasteiger partial charge in [-0.1, -0.05) is 72.8 Å². The van der Waals surface area contributed by atoms with Crippen molar-refractivity contribution in [3.05, 3.63) is 123 Å². The minimum atomic E-state index is -0.960. The van der Waals surface area contributed by atoms with Crippen molar-refractivity contribution in [2.75, 3.05) is 19.0 Å². The number of halogens is 1. The van der Waals surface area contributed by atoms with Crippen LogP contribution in [-0.4, -0.2) is 50.7 Å². The first-order valence-corrected chi connectivity index (χ1v) is 14.0. The molecule has 3 heterocycles. The molecule has 6 rings (SSSR count). The van der Waals surface area contributed by atoms with Crippen molar-refractivity contribution in [3.8, 4) is 5.75 Å². The van der Waals surface area contributed by atoms with Crippen LogP contribution in [0.3, 0.4) is 0 Å². The number of H-pyrrole nitrogens is 1. The number of hydrogen-bond acceptors (Lipinski definition) is 7. The van der Waals surface area contributed by atoms with Crippen LogP contribution in [0.15, 0.2) is 100 Å². The molecule has 4 N–H and O–H groups in total. The molecule has 0 spiro atoms. The quantitative estimate of drug-likeness (QED) is 0.189. The Morgan fingerprint density at radius 1 is 1.05 bits per heavy atom. The molecule has 41 heavy (non-hydrogen) atoms. The second kappa shape index (κ2) is 11.1. The molecular weight excluding hydrogens is 588 g/mol. The Balaban J connectivity index is 1.56. The molecule has 0 radical (unpaired) electrons. The lowest BCUT2D eigenvalue weighted by Gasteiger charge is -2.37. The minimum absolute atomic E-state index is 0.215. The van der Waals surface area contributed by atoms with Gasteiger partial charge in [-0.25, -0.2) is 0 Å². The summed E-state index contributed by atoms with van der Waals surface area (Å²) in [5, 5.41) is 24.2. The summed E-state index contributed by atoms with van der Waals surface area (Å²) >= 11 is 3.48. The fourth-order valence-corrected chi connectivity index (χ4v) is 6.15. The Kier molecular flexibility index (Phi) is 7.39. The van der Waals surface area contributed by atoms with Gasteiger partial charge < -0.3 is 29.6 Å². The van der Waals surface area contributed by atoms with Crippen LogP contribution < -0.4 is 15.6 Å². The third kappa shape index (κ3) is 4.82. The highest BCUT2D eigenvalue weighted by atomic mass is 79.9. The van der Waals surface area contributed by atoms with E-state index in [1.165, 1.54) is 0 Å². The van der Waals surface area contributed by atoms with Gasteiger partial charge in [0.05, 0.1) is 29.7 Å². The lowest BCUT2D eigenvalue weighted by atomic mass is 9.77. The summed E-state index contributed by atoms with van der Waals surface area (Å²) in [5.41, 5.74) is 1.76.